The Morgan fingerprint density at radius 2 is 2.50 bits per heavy atom. The zero-order chi connectivity index (χ0) is 10.4. The molecule has 0 radical (unpaired) electrons. The minimum absolute atomic E-state index is 0.180. The van der Waals surface area contributed by atoms with Crippen molar-refractivity contribution in [3.63, 3.8) is 0 Å². The van der Waals surface area contributed by atoms with Gasteiger partial charge in [0, 0.05) is 19.7 Å². The molecule has 0 aliphatic heterocycles. The van der Waals surface area contributed by atoms with Crippen molar-refractivity contribution in [2.75, 3.05) is 7.11 Å². The Bertz CT molecular complexity index is 326. The van der Waals surface area contributed by atoms with Crippen molar-refractivity contribution < 1.29 is 9.94 Å². The molecule has 0 atom stereocenters. The summed E-state index contributed by atoms with van der Waals surface area (Å²) in [4.78, 5) is 4.09. The third-order valence-corrected chi connectivity index (χ3v) is 1.69. The molecule has 5 heteroatoms. The van der Waals surface area contributed by atoms with Crippen molar-refractivity contribution in [2.45, 2.75) is 13.0 Å². The van der Waals surface area contributed by atoms with Gasteiger partial charge in [-0.3, -0.25) is 4.98 Å². The molecule has 1 aromatic rings. The van der Waals surface area contributed by atoms with Crippen LogP contribution in [0.1, 0.15) is 11.3 Å². The minimum Gasteiger partial charge on any atom is -0.409 e. The van der Waals surface area contributed by atoms with Gasteiger partial charge < -0.3 is 15.7 Å². The minimum atomic E-state index is 0.180. The third-order valence-electron chi connectivity index (χ3n) is 1.69. The largest absolute Gasteiger partial charge is 0.409 e. The van der Waals surface area contributed by atoms with Crippen molar-refractivity contribution in [3.05, 3.63) is 29.6 Å². The standard InChI is InChI=1S/C9H13N3O2/c1-14-6-8-4-7(2-3-11-8)5-9(10)12-13/h2-4,13H,5-6H2,1H3,(H2,10,12). The zero-order valence-corrected chi connectivity index (χ0v) is 7.97. The number of nitrogens with zero attached hydrogens (tertiary/aromatic N) is 2. The summed E-state index contributed by atoms with van der Waals surface area (Å²) in [5, 5.41) is 11.3. The maximum Gasteiger partial charge on any atom is 0.143 e. The second kappa shape index (κ2) is 5.18. The Labute approximate surface area is 82.2 Å². The van der Waals surface area contributed by atoms with Crippen LogP contribution < -0.4 is 5.73 Å². The van der Waals surface area contributed by atoms with E-state index in [1.54, 1.807) is 13.3 Å². The number of amidine groups is 1. The zero-order valence-electron chi connectivity index (χ0n) is 7.97. The molecule has 0 aliphatic rings. The highest BCUT2D eigenvalue weighted by Crippen LogP contribution is 2.03. The fourth-order valence-electron chi connectivity index (χ4n) is 1.11. The lowest BCUT2D eigenvalue weighted by Gasteiger charge is -2.02. The first-order chi connectivity index (χ1) is 6.76. The van der Waals surface area contributed by atoms with Gasteiger partial charge in [0.25, 0.3) is 0 Å². The van der Waals surface area contributed by atoms with Gasteiger partial charge in [0.05, 0.1) is 12.3 Å². The highest BCUT2D eigenvalue weighted by Gasteiger charge is 1.99. The summed E-state index contributed by atoms with van der Waals surface area (Å²) < 4.78 is 4.94. The van der Waals surface area contributed by atoms with E-state index in [1.807, 2.05) is 12.1 Å². The first kappa shape index (κ1) is 10.5. The fraction of sp³-hybridized carbons (Fsp3) is 0.333. The van der Waals surface area contributed by atoms with E-state index in [0.29, 0.717) is 13.0 Å². The number of rotatable bonds is 4. The normalized spacial score (nSPS) is 11.6. The van der Waals surface area contributed by atoms with E-state index in [-0.39, 0.29) is 5.84 Å². The number of nitrogens with two attached hydrogens (primary N) is 1. The predicted octanol–water partition coefficient (Wildman–Crippen LogP) is 0.517. The van der Waals surface area contributed by atoms with Crippen LogP contribution in [0.5, 0.6) is 0 Å². The summed E-state index contributed by atoms with van der Waals surface area (Å²) in [5.74, 6) is 0.180. The molecule has 1 heterocycles. The van der Waals surface area contributed by atoms with Crippen molar-refractivity contribution in [2.24, 2.45) is 10.9 Å². The lowest BCUT2D eigenvalue weighted by atomic mass is 10.1. The van der Waals surface area contributed by atoms with Crippen LogP contribution >= 0.6 is 0 Å². The summed E-state index contributed by atoms with van der Waals surface area (Å²) in [5.41, 5.74) is 7.15. The van der Waals surface area contributed by atoms with Crippen LogP contribution in [0.2, 0.25) is 0 Å². The van der Waals surface area contributed by atoms with Crippen LogP contribution in [0, 0.1) is 0 Å². The first-order valence-electron chi connectivity index (χ1n) is 4.15. The second-order valence-electron chi connectivity index (χ2n) is 2.86. The highest BCUT2D eigenvalue weighted by molar-refractivity contribution is 5.81. The van der Waals surface area contributed by atoms with E-state index in [1.165, 1.54) is 0 Å². The molecule has 0 unspecified atom stereocenters. The lowest BCUT2D eigenvalue weighted by Crippen LogP contribution is -2.14. The topological polar surface area (TPSA) is 80.7 Å². The lowest BCUT2D eigenvalue weighted by molar-refractivity contribution is 0.181. The van der Waals surface area contributed by atoms with Gasteiger partial charge in [-0.25, -0.2) is 0 Å². The van der Waals surface area contributed by atoms with Gasteiger partial charge in [-0.2, -0.15) is 0 Å². The number of hydrogen-bond acceptors (Lipinski definition) is 4. The van der Waals surface area contributed by atoms with E-state index >= 15 is 0 Å². The van der Waals surface area contributed by atoms with Crippen LogP contribution in [0.4, 0.5) is 0 Å². The highest BCUT2D eigenvalue weighted by atomic mass is 16.5. The Balaban J connectivity index is 2.73. The van der Waals surface area contributed by atoms with Gasteiger partial charge in [-0.05, 0) is 17.7 Å². The summed E-state index contributed by atoms with van der Waals surface area (Å²) in [7, 11) is 1.61. The Morgan fingerprint density at radius 1 is 1.71 bits per heavy atom. The van der Waals surface area contributed by atoms with Crippen molar-refractivity contribution in [3.8, 4) is 0 Å². The smallest absolute Gasteiger partial charge is 0.143 e. The third kappa shape index (κ3) is 3.02. The van der Waals surface area contributed by atoms with E-state index in [0.717, 1.165) is 11.3 Å². The Hall–Kier alpha value is -1.62. The summed E-state index contributed by atoms with van der Waals surface area (Å²) in [6.07, 6.45) is 2.09. The monoisotopic (exact) mass is 195 g/mol. The molecular formula is C9H13N3O2. The average molecular weight is 195 g/mol. The van der Waals surface area contributed by atoms with Crippen LogP contribution in [0.25, 0.3) is 0 Å². The second-order valence-corrected chi connectivity index (χ2v) is 2.86. The van der Waals surface area contributed by atoms with Crippen LogP contribution in [0.15, 0.2) is 23.5 Å². The molecule has 0 aromatic carbocycles. The molecule has 1 aromatic heterocycles. The molecular weight excluding hydrogens is 182 g/mol. The molecule has 3 N–H and O–H groups in total. The van der Waals surface area contributed by atoms with E-state index < -0.39 is 0 Å². The molecule has 0 fully saturated rings. The molecule has 0 bridgehead atoms. The van der Waals surface area contributed by atoms with Gasteiger partial charge in [0.15, 0.2) is 0 Å². The molecule has 14 heavy (non-hydrogen) atoms. The van der Waals surface area contributed by atoms with Crippen molar-refractivity contribution >= 4 is 5.84 Å². The fourth-order valence-corrected chi connectivity index (χ4v) is 1.11. The molecule has 76 valence electrons. The Morgan fingerprint density at radius 3 is 3.14 bits per heavy atom. The summed E-state index contributed by atoms with van der Waals surface area (Å²) in [6.45, 7) is 0.462. The van der Waals surface area contributed by atoms with Crippen molar-refractivity contribution in [1.82, 2.24) is 4.98 Å². The number of ether oxygens (including phenoxy) is 1. The van der Waals surface area contributed by atoms with Gasteiger partial charge in [-0.15, -0.1) is 0 Å². The molecule has 0 spiro atoms. The van der Waals surface area contributed by atoms with Crippen LogP contribution in [0.3, 0.4) is 0 Å². The number of pyridine rings is 1. The average Bonchev–Trinajstić information content (AvgIpc) is 2.19. The summed E-state index contributed by atoms with van der Waals surface area (Å²) in [6, 6.07) is 3.68. The van der Waals surface area contributed by atoms with E-state index in [2.05, 4.69) is 10.1 Å². The maximum absolute atomic E-state index is 8.39. The number of hydrogen-bond donors (Lipinski definition) is 2. The van der Waals surface area contributed by atoms with E-state index in [4.69, 9.17) is 15.7 Å². The molecule has 1 rings (SSSR count). The van der Waals surface area contributed by atoms with Gasteiger partial charge in [-0.1, -0.05) is 5.16 Å². The maximum atomic E-state index is 8.39. The van der Waals surface area contributed by atoms with Gasteiger partial charge in [0.2, 0.25) is 0 Å². The van der Waals surface area contributed by atoms with Crippen LogP contribution in [-0.4, -0.2) is 23.1 Å². The van der Waals surface area contributed by atoms with Gasteiger partial charge >= 0.3 is 0 Å². The van der Waals surface area contributed by atoms with Crippen LogP contribution in [-0.2, 0) is 17.8 Å². The number of aromatic nitrogens is 1. The Kier molecular flexibility index (Phi) is 3.87. The van der Waals surface area contributed by atoms with E-state index in [9.17, 15) is 0 Å². The van der Waals surface area contributed by atoms with Crippen molar-refractivity contribution in [1.29, 1.82) is 0 Å². The summed E-state index contributed by atoms with van der Waals surface area (Å²) >= 11 is 0. The molecule has 5 nitrogen and oxygen atoms in total. The number of oxime groups is 1. The molecule has 0 amide bonds. The molecule has 0 saturated heterocycles. The quantitative estimate of drug-likeness (QED) is 0.317. The number of methoxy groups -OCH3 is 1. The van der Waals surface area contributed by atoms with Gasteiger partial charge in [0.1, 0.15) is 5.84 Å². The molecule has 0 aliphatic carbocycles. The predicted molar refractivity (Wildman–Crippen MR) is 52.1 cm³/mol. The SMILES string of the molecule is COCc1cc(C/C(N)=N/O)ccn1. The first-order valence-corrected chi connectivity index (χ1v) is 4.15. The molecule has 0 saturated carbocycles.